The molecule has 2 unspecified atom stereocenters. The molecule has 2 rings (SSSR count). The Morgan fingerprint density at radius 2 is 2.64 bits per heavy atom. The van der Waals surface area contributed by atoms with Crippen LogP contribution in [0.25, 0.3) is 0 Å². The third kappa shape index (κ3) is 2.34. The fourth-order valence-corrected chi connectivity index (χ4v) is 2.97. The lowest BCUT2D eigenvalue weighted by Gasteiger charge is -2.12. The highest BCUT2D eigenvalue weighted by Crippen LogP contribution is 2.30. The van der Waals surface area contributed by atoms with Crippen molar-refractivity contribution < 1.29 is 9.84 Å². The van der Waals surface area contributed by atoms with Gasteiger partial charge in [0.15, 0.2) is 0 Å². The maximum atomic E-state index is 9.91. The van der Waals surface area contributed by atoms with Crippen LogP contribution in [0.3, 0.4) is 0 Å². The minimum atomic E-state index is -0.456. The topological polar surface area (TPSA) is 42.4 Å². The van der Waals surface area contributed by atoms with Crippen LogP contribution >= 0.6 is 27.5 Å². The molecule has 2 atom stereocenters. The van der Waals surface area contributed by atoms with Crippen molar-refractivity contribution in [1.82, 2.24) is 4.37 Å². The van der Waals surface area contributed by atoms with Crippen LogP contribution in [0, 0.1) is 5.92 Å². The Bertz CT molecular complexity index is 299. The minimum absolute atomic E-state index is 0.456. The number of nitrogens with zero attached hydrogens (tertiary/aromatic N) is 1. The second kappa shape index (κ2) is 4.70. The Hall–Kier alpha value is 0.0300. The zero-order valence-corrected chi connectivity index (χ0v) is 10.1. The quantitative estimate of drug-likeness (QED) is 0.923. The van der Waals surface area contributed by atoms with Crippen molar-refractivity contribution in [2.75, 3.05) is 13.2 Å². The third-order valence-electron chi connectivity index (χ3n) is 2.45. The van der Waals surface area contributed by atoms with Gasteiger partial charge in [-0.15, -0.1) is 0 Å². The van der Waals surface area contributed by atoms with Crippen molar-refractivity contribution in [3.8, 4) is 0 Å². The number of ether oxygens (including phenoxy) is 1. The van der Waals surface area contributed by atoms with Crippen molar-refractivity contribution in [3.05, 3.63) is 15.5 Å². The van der Waals surface area contributed by atoms with E-state index in [1.165, 1.54) is 11.5 Å². The van der Waals surface area contributed by atoms with Gasteiger partial charge >= 0.3 is 0 Å². The van der Waals surface area contributed by atoms with E-state index < -0.39 is 6.10 Å². The van der Waals surface area contributed by atoms with E-state index in [4.69, 9.17) is 4.74 Å². The Morgan fingerprint density at radius 1 is 1.79 bits per heavy atom. The van der Waals surface area contributed by atoms with E-state index in [0.717, 1.165) is 36.2 Å². The van der Waals surface area contributed by atoms with E-state index >= 15 is 0 Å². The second-order valence-corrected chi connectivity index (χ2v) is 5.01. The molecule has 1 aliphatic rings. The van der Waals surface area contributed by atoms with Crippen LogP contribution in [-0.2, 0) is 4.74 Å². The van der Waals surface area contributed by atoms with Crippen LogP contribution in [0.4, 0.5) is 0 Å². The van der Waals surface area contributed by atoms with E-state index in [9.17, 15) is 5.11 Å². The highest BCUT2D eigenvalue weighted by atomic mass is 79.9. The summed E-state index contributed by atoms with van der Waals surface area (Å²) in [6, 6.07) is 0. The SMILES string of the molecule is OC(CC1CCOC1)c1nscc1Br. The Morgan fingerprint density at radius 3 is 3.21 bits per heavy atom. The van der Waals surface area contributed by atoms with Gasteiger partial charge < -0.3 is 9.84 Å². The van der Waals surface area contributed by atoms with E-state index in [0.29, 0.717) is 5.92 Å². The highest BCUT2D eigenvalue weighted by molar-refractivity contribution is 9.10. The van der Waals surface area contributed by atoms with Crippen molar-refractivity contribution in [3.63, 3.8) is 0 Å². The molecule has 0 saturated carbocycles. The van der Waals surface area contributed by atoms with Gasteiger partial charge in [0.2, 0.25) is 0 Å². The molecule has 0 bridgehead atoms. The summed E-state index contributed by atoms with van der Waals surface area (Å²) in [5.41, 5.74) is 0.766. The van der Waals surface area contributed by atoms with Crippen LogP contribution in [0.2, 0.25) is 0 Å². The first-order chi connectivity index (χ1) is 6.77. The number of hydrogen-bond donors (Lipinski definition) is 1. The Kier molecular flexibility index (Phi) is 3.54. The standard InChI is InChI=1S/C9H12BrNO2S/c10-7-5-14-11-9(7)8(12)3-6-1-2-13-4-6/h5-6,8,12H,1-4H2. The largest absolute Gasteiger partial charge is 0.387 e. The summed E-state index contributed by atoms with van der Waals surface area (Å²) in [6.45, 7) is 1.61. The maximum absolute atomic E-state index is 9.91. The molecule has 3 nitrogen and oxygen atoms in total. The number of hydrogen-bond acceptors (Lipinski definition) is 4. The maximum Gasteiger partial charge on any atom is 0.0985 e. The first kappa shape index (κ1) is 10.5. The third-order valence-corrected chi connectivity index (χ3v) is 4.03. The summed E-state index contributed by atoms with van der Waals surface area (Å²) in [6.07, 6.45) is 1.35. The normalized spacial score (nSPS) is 24.0. The summed E-state index contributed by atoms with van der Waals surface area (Å²) < 4.78 is 10.3. The van der Waals surface area contributed by atoms with Crippen LogP contribution in [0.1, 0.15) is 24.6 Å². The predicted molar refractivity (Wildman–Crippen MR) is 58.3 cm³/mol. The lowest BCUT2D eigenvalue weighted by Crippen LogP contribution is -2.07. The van der Waals surface area contributed by atoms with Crippen molar-refractivity contribution in [2.45, 2.75) is 18.9 Å². The van der Waals surface area contributed by atoms with Crippen LogP contribution in [-0.4, -0.2) is 22.7 Å². The van der Waals surface area contributed by atoms with Gasteiger partial charge in [-0.25, -0.2) is 0 Å². The van der Waals surface area contributed by atoms with Gasteiger partial charge in [-0.1, -0.05) is 0 Å². The molecule has 0 radical (unpaired) electrons. The molecule has 5 heteroatoms. The molecule has 1 saturated heterocycles. The molecule has 0 spiro atoms. The Labute approximate surface area is 95.4 Å². The lowest BCUT2D eigenvalue weighted by atomic mass is 9.99. The molecular formula is C9H12BrNO2S. The van der Waals surface area contributed by atoms with Crippen molar-refractivity contribution in [1.29, 1.82) is 0 Å². The van der Waals surface area contributed by atoms with Crippen LogP contribution in [0.5, 0.6) is 0 Å². The van der Waals surface area contributed by atoms with Crippen LogP contribution < -0.4 is 0 Å². The van der Waals surface area contributed by atoms with Gasteiger partial charge in [-0.2, -0.15) is 4.37 Å². The Balaban J connectivity index is 1.95. The minimum Gasteiger partial charge on any atom is -0.387 e. The average molecular weight is 278 g/mol. The van der Waals surface area contributed by atoms with E-state index in [1.807, 2.05) is 5.38 Å². The molecule has 0 aromatic carbocycles. The number of aromatic nitrogens is 1. The van der Waals surface area contributed by atoms with Crippen LogP contribution in [0.15, 0.2) is 9.85 Å². The molecule has 78 valence electrons. The number of rotatable bonds is 3. The lowest BCUT2D eigenvalue weighted by molar-refractivity contribution is 0.126. The zero-order chi connectivity index (χ0) is 9.97. The fourth-order valence-electron chi connectivity index (χ4n) is 1.65. The zero-order valence-electron chi connectivity index (χ0n) is 7.65. The van der Waals surface area contributed by atoms with Gasteiger partial charge in [0.1, 0.15) is 0 Å². The molecule has 1 aliphatic heterocycles. The molecule has 1 aromatic heterocycles. The summed E-state index contributed by atoms with van der Waals surface area (Å²) in [5.74, 6) is 0.485. The smallest absolute Gasteiger partial charge is 0.0985 e. The molecule has 0 aliphatic carbocycles. The first-order valence-electron chi connectivity index (χ1n) is 4.63. The second-order valence-electron chi connectivity index (χ2n) is 3.53. The van der Waals surface area contributed by atoms with Crippen molar-refractivity contribution >= 4 is 27.5 Å². The summed E-state index contributed by atoms with van der Waals surface area (Å²) in [5, 5.41) is 11.8. The molecule has 1 N–H and O–H groups in total. The molecule has 14 heavy (non-hydrogen) atoms. The molecular weight excluding hydrogens is 266 g/mol. The first-order valence-corrected chi connectivity index (χ1v) is 6.26. The van der Waals surface area contributed by atoms with Gasteiger partial charge in [0.05, 0.1) is 16.3 Å². The summed E-state index contributed by atoms with van der Waals surface area (Å²) in [4.78, 5) is 0. The van der Waals surface area contributed by atoms with E-state index in [-0.39, 0.29) is 0 Å². The van der Waals surface area contributed by atoms with Crippen molar-refractivity contribution in [2.24, 2.45) is 5.92 Å². The monoisotopic (exact) mass is 277 g/mol. The van der Waals surface area contributed by atoms with E-state index in [1.54, 1.807) is 0 Å². The number of aliphatic hydroxyl groups is 1. The fraction of sp³-hybridized carbons (Fsp3) is 0.667. The predicted octanol–water partition coefficient (Wildman–Crippen LogP) is 2.37. The molecule has 1 aromatic rings. The summed E-state index contributed by atoms with van der Waals surface area (Å²) in [7, 11) is 0. The summed E-state index contributed by atoms with van der Waals surface area (Å²) >= 11 is 4.74. The van der Waals surface area contributed by atoms with E-state index in [2.05, 4.69) is 20.3 Å². The van der Waals surface area contributed by atoms with Gasteiger partial charge in [0.25, 0.3) is 0 Å². The number of aliphatic hydroxyl groups excluding tert-OH is 1. The number of halogens is 1. The van der Waals surface area contributed by atoms with Gasteiger partial charge in [0, 0.05) is 18.6 Å². The van der Waals surface area contributed by atoms with Gasteiger partial charge in [-0.3, -0.25) is 0 Å². The molecule has 2 heterocycles. The van der Waals surface area contributed by atoms with Gasteiger partial charge in [-0.05, 0) is 46.2 Å². The molecule has 1 fully saturated rings. The highest BCUT2D eigenvalue weighted by Gasteiger charge is 2.22. The average Bonchev–Trinajstić information content (AvgIpc) is 2.75. The molecule has 0 amide bonds.